The number of nitrogens with one attached hydrogen (secondary N) is 1. The van der Waals surface area contributed by atoms with Crippen LogP contribution < -0.4 is 10.1 Å². The van der Waals surface area contributed by atoms with Crippen molar-refractivity contribution in [3.63, 3.8) is 0 Å². The van der Waals surface area contributed by atoms with Gasteiger partial charge in [-0.2, -0.15) is 0 Å². The Balaban J connectivity index is 1.89. The van der Waals surface area contributed by atoms with Crippen LogP contribution in [-0.2, 0) is 0 Å². The van der Waals surface area contributed by atoms with Gasteiger partial charge in [-0.3, -0.25) is 4.79 Å². The number of carbonyl (C=O) groups excluding carboxylic acids is 1. The molecule has 0 aliphatic rings. The standard InChI is InChI=1S/C17H14ClNO3/c1-10-14-9-11(18)3-8-15(14)22-16(10)17(20)19-12-4-6-13(21-2)7-5-12/h3-9H,1-2H3,(H,19,20). The highest BCUT2D eigenvalue weighted by molar-refractivity contribution is 6.31. The summed E-state index contributed by atoms with van der Waals surface area (Å²) in [7, 11) is 1.59. The molecule has 1 amide bonds. The van der Waals surface area contributed by atoms with Crippen LogP contribution in [0.5, 0.6) is 5.75 Å². The summed E-state index contributed by atoms with van der Waals surface area (Å²) < 4.78 is 10.7. The first-order chi connectivity index (χ1) is 10.6. The number of anilines is 1. The van der Waals surface area contributed by atoms with Crippen LogP contribution >= 0.6 is 11.6 Å². The summed E-state index contributed by atoms with van der Waals surface area (Å²) in [5, 5.41) is 4.25. The number of ether oxygens (including phenoxy) is 1. The second-order valence-electron chi connectivity index (χ2n) is 4.88. The zero-order chi connectivity index (χ0) is 15.7. The maximum atomic E-state index is 12.4. The number of amides is 1. The van der Waals surface area contributed by atoms with E-state index in [0.717, 1.165) is 16.7 Å². The van der Waals surface area contributed by atoms with Crippen LogP contribution in [0.1, 0.15) is 16.1 Å². The van der Waals surface area contributed by atoms with E-state index in [2.05, 4.69) is 5.32 Å². The van der Waals surface area contributed by atoms with Crippen LogP contribution in [0.25, 0.3) is 11.0 Å². The molecular formula is C17H14ClNO3. The minimum absolute atomic E-state index is 0.285. The molecular weight excluding hydrogens is 302 g/mol. The molecule has 5 heteroatoms. The Morgan fingerprint density at radius 1 is 1.18 bits per heavy atom. The van der Waals surface area contributed by atoms with Crippen molar-refractivity contribution in [2.45, 2.75) is 6.92 Å². The molecule has 3 rings (SSSR count). The van der Waals surface area contributed by atoms with Gasteiger partial charge in [0.15, 0.2) is 5.76 Å². The Labute approximate surface area is 132 Å². The Bertz CT molecular complexity index is 837. The number of hydrogen-bond acceptors (Lipinski definition) is 3. The molecule has 0 bridgehead atoms. The Morgan fingerprint density at radius 2 is 1.91 bits per heavy atom. The van der Waals surface area contributed by atoms with Crippen LogP contribution in [0.4, 0.5) is 5.69 Å². The van der Waals surface area contributed by atoms with Crippen molar-refractivity contribution in [1.82, 2.24) is 0 Å². The highest BCUT2D eigenvalue weighted by atomic mass is 35.5. The van der Waals surface area contributed by atoms with Crippen LogP contribution in [0.15, 0.2) is 46.9 Å². The molecule has 0 spiro atoms. The van der Waals surface area contributed by atoms with E-state index in [4.69, 9.17) is 20.8 Å². The molecule has 0 atom stereocenters. The molecule has 0 fully saturated rings. The molecule has 1 N–H and O–H groups in total. The second-order valence-corrected chi connectivity index (χ2v) is 5.32. The van der Waals surface area contributed by atoms with Gasteiger partial charge in [0.05, 0.1) is 7.11 Å². The average molecular weight is 316 g/mol. The number of furan rings is 1. The summed E-state index contributed by atoms with van der Waals surface area (Å²) in [6.45, 7) is 1.84. The Kier molecular flexibility index (Phi) is 3.77. The summed E-state index contributed by atoms with van der Waals surface area (Å²) in [5.74, 6) is 0.718. The van der Waals surface area contributed by atoms with Crippen molar-refractivity contribution in [2.75, 3.05) is 12.4 Å². The number of rotatable bonds is 3. The first-order valence-corrected chi connectivity index (χ1v) is 7.10. The van der Waals surface area contributed by atoms with E-state index >= 15 is 0 Å². The molecule has 1 heterocycles. The van der Waals surface area contributed by atoms with E-state index in [0.29, 0.717) is 16.3 Å². The fourth-order valence-corrected chi connectivity index (χ4v) is 2.44. The van der Waals surface area contributed by atoms with Gasteiger partial charge in [0.2, 0.25) is 0 Å². The van der Waals surface area contributed by atoms with Gasteiger partial charge in [-0.25, -0.2) is 0 Å². The minimum Gasteiger partial charge on any atom is -0.497 e. The highest BCUT2D eigenvalue weighted by Crippen LogP contribution is 2.28. The predicted octanol–water partition coefficient (Wildman–Crippen LogP) is 4.66. The second kappa shape index (κ2) is 5.73. The van der Waals surface area contributed by atoms with Gasteiger partial charge in [0.25, 0.3) is 5.91 Å². The number of benzene rings is 2. The molecule has 112 valence electrons. The third-order valence-corrected chi connectivity index (χ3v) is 3.69. The SMILES string of the molecule is COc1ccc(NC(=O)c2oc3ccc(Cl)cc3c2C)cc1. The van der Waals surface area contributed by atoms with Crippen LogP contribution in [0.3, 0.4) is 0 Å². The summed E-state index contributed by atoms with van der Waals surface area (Å²) >= 11 is 5.98. The maximum Gasteiger partial charge on any atom is 0.291 e. The molecule has 4 nitrogen and oxygen atoms in total. The van der Waals surface area contributed by atoms with Crippen molar-refractivity contribution in [3.8, 4) is 5.75 Å². The van der Waals surface area contributed by atoms with E-state index in [9.17, 15) is 4.79 Å². The van der Waals surface area contributed by atoms with Gasteiger partial charge in [0.1, 0.15) is 11.3 Å². The number of methoxy groups -OCH3 is 1. The van der Waals surface area contributed by atoms with E-state index < -0.39 is 0 Å². The monoisotopic (exact) mass is 315 g/mol. The fourth-order valence-electron chi connectivity index (χ4n) is 2.27. The third kappa shape index (κ3) is 2.65. The van der Waals surface area contributed by atoms with Gasteiger partial charge < -0.3 is 14.5 Å². The normalized spacial score (nSPS) is 10.7. The smallest absolute Gasteiger partial charge is 0.291 e. The maximum absolute atomic E-state index is 12.4. The Hall–Kier alpha value is -2.46. The third-order valence-electron chi connectivity index (χ3n) is 3.45. The lowest BCUT2D eigenvalue weighted by atomic mass is 10.1. The van der Waals surface area contributed by atoms with Gasteiger partial charge in [-0.1, -0.05) is 11.6 Å². The number of hydrogen-bond donors (Lipinski definition) is 1. The molecule has 0 unspecified atom stereocenters. The lowest BCUT2D eigenvalue weighted by Gasteiger charge is -2.05. The first-order valence-electron chi connectivity index (χ1n) is 6.72. The highest BCUT2D eigenvalue weighted by Gasteiger charge is 2.18. The van der Waals surface area contributed by atoms with Gasteiger partial charge in [-0.15, -0.1) is 0 Å². The lowest BCUT2D eigenvalue weighted by Crippen LogP contribution is -2.11. The molecule has 3 aromatic rings. The summed E-state index contributed by atoms with van der Waals surface area (Å²) in [5.41, 5.74) is 2.08. The van der Waals surface area contributed by atoms with Crippen molar-refractivity contribution in [3.05, 3.63) is 58.8 Å². The van der Waals surface area contributed by atoms with Gasteiger partial charge >= 0.3 is 0 Å². The number of fused-ring (bicyclic) bond motifs is 1. The summed E-state index contributed by atoms with van der Waals surface area (Å²) in [4.78, 5) is 12.4. The molecule has 0 saturated carbocycles. The topological polar surface area (TPSA) is 51.5 Å². The Morgan fingerprint density at radius 3 is 2.59 bits per heavy atom. The largest absolute Gasteiger partial charge is 0.497 e. The molecule has 2 aromatic carbocycles. The lowest BCUT2D eigenvalue weighted by molar-refractivity contribution is 0.0998. The van der Waals surface area contributed by atoms with Crippen molar-refractivity contribution < 1.29 is 13.9 Å². The van der Waals surface area contributed by atoms with Crippen LogP contribution in [0, 0.1) is 6.92 Å². The summed E-state index contributed by atoms with van der Waals surface area (Å²) in [6, 6.07) is 12.4. The molecule has 0 aliphatic carbocycles. The molecule has 1 aromatic heterocycles. The zero-order valence-electron chi connectivity index (χ0n) is 12.1. The molecule has 22 heavy (non-hydrogen) atoms. The summed E-state index contributed by atoms with van der Waals surface area (Å²) in [6.07, 6.45) is 0. The molecule has 0 radical (unpaired) electrons. The number of aryl methyl sites for hydroxylation is 1. The van der Waals surface area contributed by atoms with Gasteiger partial charge in [-0.05, 0) is 49.4 Å². The fraction of sp³-hybridized carbons (Fsp3) is 0.118. The zero-order valence-corrected chi connectivity index (χ0v) is 12.9. The van der Waals surface area contributed by atoms with E-state index in [1.165, 1.54) is 0 Å². The number of halogens is 1. The van der Waals surface area contributed by atoms with Crippen molar-refractivity contribution in [1.29, 1.82) is 0 Å². The van der Waals surface area contributed by atoms with Crippen LogP contribution in [-0.4, -0.2) is 13.0 Å². The van der Waals surface area contributed by atoms with Crippen molar-refractivity contribution >= 4 is 34.2 Å². The quantitative estimate of drug-likeness (QED) is 0.765. The van der Waals surface area contributed by atoms with E-state index in [-0.39, 0.29) is 11.7 Å². The number of carbonyl (C=O) groups is 1. The van der Waals surface area contributed by atoms with E-state index in [1.54, 1.807) is 49.6 Å². The first kappa shape index (κ1) is 14.5. The van der Waals surface area contributed by atoms with Crippen LogP contribution in [0.2, 0.25) is 5.02 Å². The predicted molar refractivity (Wildman–Crippen MR) is 86.9 cm³/mol. The molecule has 0 aliphatic heterocycles. The molecule has 0 saturated heterocycles. The average Bonchev–Trinajstić information content (AvgIpc) is 2.85. The minimum atomic E-state index is -0.296. The van der Waals surface area contributed by atoms with Gasteiger partial charge in [0, 0.05) is 21.7 Å². The van der Waals surface area contributed by atoms with Crippen molar-refractivity contribution in [2.24, 2.45) is 0 Å². The van der Waals surface area contributed by atoms with E-state index in [1.807, 2.05) is 6.92 Å².